The summed E-state index contributed by atoms with van der Waals surface area (Å²) in [5.41, 5.74) is 1.53. The number of rotatable bonds is 9. The summed E-state index contributed by atoms with van der Waals surface area (Å²) in [6, 6.07) is 5.25. The standard InChI is InChI=1S/C18H27N3O5S2/c1-14-3-4-15(2)16(11-14)28(24,25)20-6-5-19-17(22)12-27-13-18(23)21-7-9-26-10-8-21/h3-4,11,20H,5-10,12-13H2,1-2H3,(H,19,22). The number of hydrogen-bond acceptors (Lipinski definition) is 6. The molecule has 2 amide bonds. The van der Waals surface area contributed by atoms with Gasteiger partial charge < -0.3 is 15.0 Å². The third-order valence-corrected chi connectivity index (χ3v) is 6.72. The van der Waals surface area contributed by atoms with Crippen molar-refractivity contribution in [3.05, 3.63) is 29.3 Å². The molecule has 0 aliphatic carbocycles. The molecular weight excluding hydrogens is 402 g/mol. The Morgan fingerprint density at radius 3 is 2.57 bits per heavy atom. The molecule has 0 saturated carbocycles. The number of thioether (sulfide) groups is 1. The Labute approximate surface area is 170 Å². The Bertz CT molecular complexity index is 792. The van der Waals surface area contributed by atoms with Crippen molar-refractivity contribution in [1.29, 1.82) is 0 Å². The first-order valence-electron chi connectivity index (χ1n) is 9.06. The third-order valence-electron chi connectivity index (χ3n) is 4.19. The first-order valence-corrected chi connectivity index (χ1v) is 11.7. The Morgan fingerprint density at radius 2 is 1.86 bits per heavy atom. The van der Waals surface area contributed by atoms with E-state index < -0.39 is 10.0 Å². The largest absolute Gasteiger partial charge is 0.378 e. The number of nitrogens with one attached hydrogen (secondary N) is 2. The molecule has 2 N–H and O–H groups in total. The van der Waals surface area contributed by atoms with Crippen molar-refractivity contribution < 1.29 is 22.7 Å². The molecule has 10 heteroatoms. The van der Waals surface area contributed by atoms with Crippen LogP contribution in [0, 0.1) is 13.8 Å². The van der Waals surface area contributed by atoms with Gasteiger partial charge >= 0.3 is 0 Å². The lowest BCUT2D eigenvalue weighted by Gasteiger charge is -2.26. The summed E-state index contributed by atoms with van der Waals surface area (Å²) in [6.07, 6.45) is 0. The van der Waals surface area contributed by atoms with Gasteiger partial charge in [-0.05, 0) is 31.0 Å². The molecule has 1 aromatic carbocycles. The Balaban J connectivity index is 1.65. The smallest absolute Gasteiger partial charge is 0.240 e. The van der Waals surface area contributed by atoms with E-state index in [2.05, 4.69) is 10.0 Å². The van der Waals surface area contributed by atoms with Crippen LogP contribution >= 0.6 is 11.8 Å². The number of benzene rings is 1. The lowest BCUT2D eigenvalue weighted by atomic mass is 10.2. The summed E-state index contributed by atoms with van der Waals surface area (Å²) in [7, 11) is -3.62. The van der Waals surface area contributed by atoms with Crippen molar-refractivity contribution in [2.45, 2.75) is 18.7 Å². The van der Waals surface area contributed by atoms with Crippen molar-refractivity contribution in [3.63, 3.8) is 0 Å². The predicted octanol–water partition coefficient (Wildman–Crippen LogP) is 0.290. The molecule has 1 aliphatic heterocycles. The Kier molecular flexibility index (Phi) is 8.74. The number of aryl methyl sites for hydroxylation is 2. The second-order valence-electron chi connectivity index (χ2n) is 6.50. The molecule has 1 heterocycles. The highest BCUT2D eigenvalue weighted by Crippen LogP contribution is 2.16. The second kappa shape index (κ2) is 10.8. The number of hydrogen-bond donors (Lipinski definition) is 2. The number of ether oxygens (including phenoxy) is 1. The van der Waals surface area contributed by atoms with Gasteiger partial charge in [-0.1, -0.05) is 12.1 Å². The van der Waals surface area contributed by atoms with Gasteiger partial charge in [0.2, 0.25) is 21.8 Å². The van der Waals surface area contributed by atoms with Crippen molar-refractivity contribution in [1.82, 2.24) is 14.9 Å². The molecule has 1 saturated heterocycles. The number of sulfonamides is 1. The topological polar surface area (TPSA) is 105 Å². The zero-order valence-electron chi connectivity index (χ0n) is 16.2. The van der Waals surface area contributed by atoms with E-state index in [0.717, 1.165) is 5.56 Å². The van der Waals surface area contributed by atoms with E-state index in [1.807, 2.05) is 13.0 Å². The van der Waals surface area contributed by atoms with Gasteiger partial charge in [0.25, 0.3) is 0 Å². The first-order chi connectivity index (χ1) is 13.3. The molecule has 1 aliphatic rings. The summed E-state index contributed by atoms with van der Waals surface area (Å²) >= 11 is 1.24. The zero-order valence-corrected chi connectivity index (χ0v) is 17.8. The quantitative estimate of drug-likeness (QED) is 0.547. The van der Waals surface area contributed by atoms with Crippen LogP contribution in [0.2, 0.25) is 0 Å². The zero-order chi connectivity index (χ0) is 20.6. The van der Waals surface area contributed by atoms with Crippen LogP contribution in [0.5, 0.6) is 0 Å². The molecule has 28 heavy (non-hydrogen) atoms. The summed E-state index contributed by atoms with van der Waals surface area (Å²) in [6.45, 7) is 6.13. The normalized spacial score (nSPS) is 14.7. The van der Waals surface area contributed by atoms with Crippen molar-refractivity contribution >= 4 is 33.6 Å². The van der Waals surface area contributed by atoms with Crippen molar-refractivity contribution in [2.75, 3.05) is 50.9 Å². The van der Waals surface area contributed by atoms with Gasteiger partial charge in [0.05, 0.1) is 29.6 Å². The molecule has 1 aromatic rings. The van der Waals surface area contributed by atoms with Gasteiger partial charge in [-0.2, -0.15) is 0 Å². The van der Waals surface area contributed by atoms with E-state index in [4.69, 9.17) is 4.74 Å². The Hall–Kier alpha value is -1.62. The van der Waals surface area contributed by atoms with Crippen LogP contribution < -0.4 is 10.0 Å². The predicted molar refractivity (Wildman–Crippen MR) is 109 cm³/mol. The van der Waals surface area contributed by atoms with E-state index in [1.165, 1.54) is 11.8 Å². The highest BCUT2D eigenvalue weighted by atomic mass is 32.2. The van der Waals surface area contributed by atoms with E-state index in [-0.39, 0.29) is 41.3 Å². The van der Waals surface area contributed by atoms with E-state index >= 15 is 0 Å². The second-order valence-corrected chi connectivity index (χ2v) is 9.22. The maximum Gasteiger partial charge on any atom is 0.240 e. The molecule has 0 bridgehead atoms. The van der Waals surface area contributed by atoms with E-state index in [0.29, 0.717) is 31.9 Å². The minimum Gasteiger partial charge on any atom is -0.378 e. The molecule has 0 aromatic heterocycles. The fraction of sp³-hybridized carbons (Fsp3) is 0.556. The lowest BCUT2D eigenvalue weighted by Crippen LogP contribution is -2.41. The van der Waals surface area contributed by atoms with Crippen molar-refractivity contribution in [2.24, 2.45) is 0 Å². The fourth-order valence-corrected chi connectivity index (χ4v) is 4.75. The Morgan fingerprint density at radius 1 is 1.14 bits per heavy atom. The molecule has 0 radical (unpaired) electrons. The average Bonchev–Trinajstić information content (AvgIpc) is 2.67. The van der Waals surface area contributed by atoms with E-state index in [1.54, 1.807) is 24.0 Å². The monoisotopic (exact) mass is 429 g/mol. The number of amides is 2. The average molecular weight is 430 g/mol. The maximum absolute atomic E-state index is 12.4. The summed E-state index contributed by atoms with van der Waals surface area (Å²) < 4.78 is 32.4. The minimum atomic E-state index is -3.62. The molecule has 0 spiro atoms. The fourth-order valence-electron chi connectivity index (χ4n) is 2.65. The molecular formula is C18H27N3O5S2. The van der Waals surface area contributed by atoms with Gasteiger partial charge in [0, 0.05) is 26.2 Å². The maximum atomic E-state index is 12.4. The summed E-state index contributed by atoms with van der Waals surface area (Å²) in [5.74, 6) is 0.167. The number of nitrogens with zero attached hydrogens (tertiary/aromatic N) is 1. The van der Waals surface area contributed by atoms with Crippen molar-refractivity contribution in [3.8, 4) is 0 Å². The van der Waals surface area contributed by atoms with Gasteiger partial charge in [-0.25, -0.2) is 13.1 Å². The van der Waals surface area contributed by atoms with Crippen LogP contribution in [0.1, 0.15) is 11.1 Å². The molecule has 2 rings (SSSR count). The van der Waals surface area contributed by atoms with Crippen LogP contribution in [0.3, 0.4) is 0 Å². The van der Waals surface area contributed by atoms with Crippen LogP contribution in [0.4, 0.5) is 0 Å². The molecule has 0 unspecified atom stereocenters. The van der Waals surface area contributed by atoms with E-state index in [9.17, 15) is 18.0 Å². The first kappa shape index (κ1) is 22.7. The molecule has 8 nitrogen and oxygen atoms in total. The summed E-state index contributed by atoms with van der Waals surface area (Å²) in [5, 5.41) is 2.65. The van der Waals surface area contributed by atoms with Crippen LogP contribution in [0.25, 0.3) is 0 Å². The van der Waals surface area contributed by atoms with Crippen LogP contribution in [-0.4, -0.2) is 76.0 Å². The third kappa shape index (κ3) is 7.08. The number of morpholine rings is 1. The molecule has 1 fully saturated rings. The molecule has 156 valence electrons. The van der Waals surface area contributed by atoms with Gasteiger partial charge in [0.1, 0.15) is 0 Å². The lowest BCUT2D eigenvalue weighted by molar-refractivity contribution is -0.132. The van der Waals surface area contributed by atoms with Crippen LogP contribution in [-0.2, 0) is 24.3 Å². The van der Waals surface area contributed by atoms with Gasteiger partial charge in [-0.15, -0.1) is 11.8 Å². The highest BCUT2D eigenvalue weighted by molar-refractivity contribution is 8.00. The number of carbonyl (C=O) groups excluding carboxylic acids is 2. The van der Waals surface area contributed by atoms with Gasteiger partial charge in [-0.3, -0.25) is 9.59 Å². The molecule has 0 atom stereocenters. The highest BCUT2D eigenvalue weighted by Gasteiger charge is 2.18. The minimum absolute atomic E-state index is 0.00221. The van der Waals surface area contributed by atoms with Crippen LogP contribution in [0.15, 0.2) is 23.1 Å². The SMILES string of the molecule is Cc1ccc(C)c(S(=O)(=O)NCCNC(=O)CSCC(=O)N2CCOCC2)c1. The summed E-state index contributed by atoms with van der Waals surface area (Å²) in [4.78, 5) is 25.8. The number of carbonyl (C=O) groups is 2. The van der Waals surface area contributed by atoms with Gasteiger partial charge in [0.15, 0.2) is 0 Å².